The van der Waals surface area contributed by atoms with Gasteiger partial charge in [-0.15, -0.1) is 0 Å². The van der Waals surface area contributed by atoms with Gasteiger partial charge in [0, 0.05) is 0 Å². The van der Waals surface area contributed by atoms with Crippen LogP contribution in [0.15, 0.2) is 22.8 Å². The molecule has 0 spiro atoms. The summed E-state index contributed by atoms with van der Waals surface area (Å²) >= 11 is 0. The van der Waals surface area contributed by atoms with Gasteiger partial charge in [0.05, 0.1) is 0 Å². The molecule has 0 bridgehead atoms. The van der Waals surface area contributed by atoms with Gasteiger partial charge in [-0.05, 0) is 26.7 Å². The molecule has 1 unspecified atom stereocenters. The van der Waals surface area contributed by atoms with Crippen molar-refractivity contribution in [1.82, 2.24) is 0 Å². The summed E-state index contributed by atoms with van der Waals surface area (Å²) in [6.07, 6.45) is 2.28. The second kappa shape index (κ2) is 9.61. The molecule has 0 amide bonds. The van der Waals surface area contributed by atoms with Crippen LogP contribution in [0.3, 0.4) is 0 Å². The van der Waals surface area contributed by atoms with Crippen molar-refractivity contribution in [3.8, 4) is 0 Å². The molecule has 4 heteroatoms. The van der Waals surface area contributed by atoms with Crippen LogP contribution in [0.4, 0.5) is 0 Å². The molecule has 0 nitrogen and oxygen atoms in total. The zero-order valence-corrected chi connectivity index (χ0v) is 12.1. The maximum atomic E-state index is 2.28. The van der Waals surface area contributed by atoms with Crippen LogP contribution in [0.2, 0.25) is 0 Å². The summed E-state index contributed by atoms with van der Waals surface area (Å²) in [5.41, 5.74) is 4.50. The monoisotopic (exact) mass is 275 g/mol. The van der Waals surface area contributed by atoms with Gasteiger partial charge in [-0.25, -0.2) is 0 Å². The molecule has 13 heavy (non-hydrogen) atoms. The van der Waals surface area contributed by atoms with Crippen molar-refractivity contribution in [1.29, 1.82) is 0 Å². The molecule has 0 aromatic carbocycles. The minimum absolute atomic E-state index is 0. The van der Waals surface area contributed by atoms with Crippen LogP contribution in [0.25, 0.3) is 0 Å². The van der Waals surface area contributed by atoms with Crippen LogP contribution >= 0.6 is 0 Å². The molecule has 1 aliphatic carbocycles. The Morgan fingerprint density at radius 3 is 1.46 bits per heavy atom. The SMILES string of the molecule is CC1=CC(C)=C(C)C1C.[Cl-].[Cl-].[Cl-].[Ti+3]. The summed E-state index contributed by atoms with van der Waals surface area (Å²) < 4.78 is 0. The van der Waals surface area contributed by atoms with Crippen molar-refractivity contribution in [3.05, 3.63) is 22.8 Å². The third kappa shape index (κ3) is 5.49. The normalized spacial score (nSPS) is 18.8. The molecule has 0 fully saturated rings. The summed E-state index contributed by atoms with van der Waals surface area (Å²) in [7, 11) is 0. The Kier molecular flexibility index (Phi) is 17.5. The summed E-state index contributed by atoms with van der Waals surface area (Å²) in [4.78, 5) is 0. The molecule has 0 heterocycles. The van der Waals surface area contributed by atoms with Crippen LogP contribution in [0.5, 0.6) is 0 Å². The van der Waals surface area contributed by atoms with Gasteiger partial charge in [-0.3, -0.25) is 0 Å². The number of hydrogen-bond donors (Lipinski definition) is 0. The van der Waals surface area contributed by atoms with Gasteiger partial charge < -0.3 is 37.2 Å². The third-order valence-corrected chi connectivity index (χ3v) is 2.40. The Labute approximate surface area is 115 Å². The van der Waals surface area contributed by atoms with Crippen LogP contribution in [0, 0.1) is 5.92 Å². The van der Waals surface area contributed by atoms with Crippen molar-refractivity contribution in [2.24, 2.45) is 5.92 Å². The average Bonchev–Trinajstić information content (AvgIpc) is 1.98. The number of hydrogen-bond acceptors (Lipinski definition) is 0. The van der Waals surface area contributed by atoms with Crippen molar-refractivity contribution >= 4 is 0 Å². The fraction of sp³-hybridized carbons (Fsp3) is 0.556. The second-order valence-corrected chi connectivity index (χ2v) is 2.98. The van der Waals surface area contributed by atoms with E-state index in [1.54, 1.807) is 0 Å². The van der Waals surface area contributed by atoms with Gasteiger partial charge in [0.15, 0.2) is 0 Å². The zero-order chi connectivity index (χ0) is 7.02. The van der Waals surface area contributed by atoms with Gasteiger partial charge in [0.1, 0.15) is 0 Å². The molecule has 1 radical (unpaired) electrons. The quantitative estimate of drug-likeness (QED) is 0.387. The molecule has 0 N–H and O–H groups in total. The molecular formula is C9H14Cl3Ti. The van der Waals surface area contributed by atoms with Gasteiger partial charge in [-0.2, -0.15) is 0 Å². The molecule has 0 aromatic heterocycles. The molecule has 75 valence electrons. The average molecular weight is 276 g/mol. The standard InChI is InChI=1S/C9H14.3ClH.Ti/c1-6-5-7(2)9(4)8(6)3;;;;/h5,8H,1-4H3;3*1H;/q;;;;+3/p-3. The van der Waals surface area contributed by atoms with E-state index in [1.807, 2.05) is 0 Å². The zero-order valence-electron chi connectivity index (χ0n) is 8.29. The third-order valence-electron chi connectivity index (χ3n) is 2.40. The van der Waals surface area contributed by atoms with Crippen molar-refractivity contribution < 1.29 is 58.9 Å². The van der Waals surface area contributed by atoms with Crippen molar-refractivity contribution in [2.45, 2.75) is 27.7 Å². The fourth-order valence-corrected chi connectivity index (χ4v) is 1.26. The maximum Gasteiger partial charge on any atom is 3.00 e. The van der Waals surface area contributed by atoms with Gasteiger partial charge in [-0.1, -0.05) is 29.7 Å². The van der Waals surface area contributed by atoms with Gasteiger partial charge in [0.25, 0.3) is 0 Å². The Balaban J connectivity index is -0.000000101. The number of halogens is 3. The van der Waals surface area contributed by atoms with Crippen molar-refractivity contribution in [2.75, 3.05) is 0 Å². The second-order valence-electron chi connectivity index (χ2n) is 2.98. The predicted octanol–water partition coefficient (Wildman–Crippen LogP) is -6.07. The van der Waals surface area contributed by atoms with E-state index >= 15 is 0 Å². The van der Waals surface area contributed by atoms with E-state index in [1.165, 1.54) is 16.7 Å². The van der Waals surface area contributed by atoms with Crippen LogP contribution in [0.1, 0.15) is 27.7 Å². The molecule has 1 atom stereocenters. The molecule has 0 saturated heterocycles. The van der Waals surface area contributed by atoms with Crippen LogP contribution in [-0.4, -0.2) is 0 Å². The van der Waals surface area contributed by atoms with E-state index < -0.39 is 0 Å². The van der Waals surface area contributed by atoms with E-state index in [9.17, 15) is 0 Å². The summed E-state index contributed by atoms with van der Waals surface area (Å²) in [6.45, 7) is 8.86. The topological polar surface area (TPSA) is 0 Å². The predicted molar refractivity (Wildman–Crippen MR) is 41.3 cm³/mol. The summed E-state index contributed by atoms with van der Waals surface area (Å²) in [5.74, 6) is 0.699. The molecule has 0 saturated carbocycles. The first kappa shape index (κ1) is 23.7. The Morgan fingerprint density at radius 2 is 1.38 bits per heavy atom. The van der Waals surface area contributed by atoms with E-state index in [0.717, 1.165) is 0 Å². The van der Waals surface area contributed by atoms with Crippen molar-refractivity contribution in [3.63, 3.8) is 0 Å². The van der Waals surface area contributed by atoms with E-state index in [2.05, 4.69) is 33.8 Å². The van der Waals surface area contributed by atoms with Crippen LogP contribution in [-0.2, 0) is 21.7 Å². The number of rotatable bonds is 0. The molecule has 1 rings (SSSR count). The molecule has 1 aliphatic rings. The first-order chi connectivity index (χ1) is 4.13. The molecule has 0 aliphatic heterocycles. The van der Waals surface area contributed by atoms with Crippen LogP contribution < -0.4 is 37.2 Å². The molecular weight excluding hydrogens is 262 g/mol. The summed E-state index contributed by atoms with van der Waals surface area (Å²) in [6, 6.07) is 0. The van der Waals surface area contributed by atoms with E-state index in [4.69, 9.17) is 0 Å². The van der Waals surface area contributed by atoms with Gasteiger partial charge in [0.2, 0.25) is 0 Å². The summed E-state index contributed by atoms with van der Waals surface area (Å²) in [5, 5.41) is 0. The largest absolute Gasteiger partial charge is 3.00 e. The smallest absolute Gasteiger partial charge is 1.00 e. The first-order valence-corrected chi connectivity index (χ1v) is 3.48. The first-order valence-electron chi connectivity index (χ1n) is 3.48. The Bertz CT molecular complexity index is 197. The Hall–Kier alpha value is 1.06. The van der Waals surface area contributed by atoms with E-state index in [0.29, 0.717) is 5.92 Å². The fourth-order valence-electron chi connectivity index (χ4n) is 1.26. The number of allylic oxidation sites excluding steroid dienone is 4. The maximum absolute atomic E-state index is 2.28. The minimum atomic E-state index is 0. The Morgan fingerprint density at radius 1 is 1.00 bits per heavy atom. The van der Waals surface area contributed by atoms with Gasteiger partial charge >= 0.3 is 21.7 Å². The van der Waals surface area contributed by atoms with E-state index in [-0.39, 0.29) is 58.9 Å². The molecule has 0 aromatic rings. The minimum Gasteiger partial charge on any atom is -1.00 e.